The zero-order valence-corrected chi connectivity index (χ0v) is 16.2. The first-order valence-electron chi connectivity index (χ1n) is 8.77. The highest BCUT2D eigenvalue weighted by molar-refractivity contribution is 7.08. The van der Waals surface area contributed by atoms with E-state index in [2.05, 4.69) is 20.6 Å². The van der Waals surface area contributed by atoms with E-state index in [0.717, 1.165) is 5.56 Å². The number of aromatic nitrogens is 2. The molecule has 0 fully saturated rings. The first-order valence-corrected chi connectivity index (χ1v) is 9.72. The smallest absolute Gasteiger partial charge is 0.321 e. The molecule has 0 saturated carbocycles. The number of anilines is 1. The number of thiophene rings is 1. The lowest BCUT2D eigenvalue weighted by Gasteiger charge is -2.10. The standard InChI is InChI=1S/C20H20N4O3S/c1-14-12-16(27-20-22-9-3-10-23-20)5-6-17(14)24-18(25)4-2-8-21-19(26)15-7-11-28-13-15/h3,5-7,9-13H,2,4,8H2,1H3,(H,21,26)(H,24,25). The van der Waals surface area contributed by atoms with Gasteiger partial charge in [-0.1, -0.05) is 0 Å². The minimum Gasteiger partial charge on any atom is -0.424 e. The third-order valence-electron chi connectivity index (χ3n) is 3.87. The summed E-state index contributed by atoms with van der Waals surface area (Å²) in [5.41, 5.74) is 2.23. The molecule has 0 aliphatic carbocycles. The number of benzene rings is 1. The quantitative estimate of drug-likeness (QED) is 0.565. The maximum atomic E-state index is 12.1. The fourth-order valence-corrected chi connectivity index (χ4v) is 3.08. The molecule has 0 spiro atoms. The Kier molecular flexibility index (Phi) is 6.69. The Morgan fingerprint density at radius 2 is 2.00 bits per heavy atom. The van der Waals surface area contributed by atoms with Crippen molar-refractivity contribution in [1.29, 1.82) is 0 Å². The van der Waals surface area contributed by atoms with Gasteiger partial charge in [-0.15, -0.1) is 0 Å². The van der Waals surface area contributed by atoms with E-state index in [1.54, 1.807) is 42.0 Å². The van der Waals surface area contributed by atoms with Crippen molar-refractivity contribution in [3.8, 4) is 11.8 Å². The van der Waals surface area contributed by atoms with Crippen molar-refractivity contribution in [3.05, 3.63) is 64.6 Å². The second-order valence-electron chi connectivity index (χ2n) is 6.03. The van der Waals surface area contributed by atoms with Crippen LogP contribution in [0.15, 0.2) is 53.5 Å². The average Bonchev–Trinajstić information content (AvgIpc) is 3.23. The minimum atomic E-state index is -0.115. The van der Waals surface area contributed by atoms with Gasteiger partial charge in [-0.25, -0.2) is 9.97 Å². The number of carbonyl (C=O) groups excluding carboxylic acids is 2. The molecule has 2 heterocycles. The molecule has 3 rings (SSSR count). The molecule has 144 valence electrons. The van der Waals surface area contributed by atoms with Crippen molar-refractivity contribution in [2.75, 3.05) is 11.9 Å². The predicted molar refractivity (Wildman–Crippen MR) is 108 cm³/mol. The van der Waals surface area contributed by atoms with E-state index in [9.17, 15) is 9.59 Å². The number of amides is 2. The molecular weight excluding hydrogens is 376 g/mol. The number of hydrogen-bond donors (Lipinski definition) is 2. The lowest BCUT2D eigenvalue weighted by molar-refractivity contribution is -0.116. The summed E-state index contributed by atoms with van der Waals surface area (Å²) in [4.78, 5) is 32.0. The number of nitrogens with zero attached hydrogens (tertiary/aromatic N) is 2. The van der Waals surface area contributed by atoms with Crippen molar-refractivity contribution < 1.29 is 14.3 Å². The first kappa shape index (κ1) is 19.5. The normalized spacial score (nSPS) is 10.3. The summed E-state index contributed by atoms with van der Waals surface area (Å²) in [6.07, 6.45) is 4.09. The third-order valence-corrected chi connectivity index (χ3v) is 4.56. The number of carbonyl (C=O) groups is 2. The van der Waals surface area contributed by atoms with Gasteiger partial charge in [-0.05, 0) is 54.6 Å². The summed E-state index contributed by atoms with van der Waals surface area (Å²) in [5, 5.41) is 9.33. The van der Waals surface area contributed by atoms with Crippen LogP contribution in [0.4, 0.5) is 5.69 Å². The highest BCUT2D eigenvalue weighted by atomic mass is 32.1. The number of aryl methyl sites for hydroxylation is 1. The SMILES string of the molecule is Cc1cc(Oc2ncccn2)ccc1NC(=O)CCCNC(=O)c1ccsc1. The summed E-state index contributed by atoms with van der Waals surface area (Å²) < 4.78 is 5.58. The molecule has 0 saturated heterocycles. The van der Waals surface area contributed by atoms with Crippen molar-refractivity contribution in [1.82, 2.24) is 15.3 Å². The Morgan fingerprint density at radius 1 is 1.18 bits per heavy atom. The van der Waals surface area contributed by atoms with Crippen molar-refractivity contribution in [2.24, 2.45) is 0 Å². The summed E-state index contributed by atoms with van der Waals surface area (Å²) >= 11 is 1.48. The topological polar surface area (TPSA) is 93.2 Å². The fourth-order valence-electron chi connectivity index (χ4n) is 2.44. The van der Waals surface area contributed by atoms with E-state index in [1.165, 1.54) is 11.3 Å². The zero-order valence-electron chi connectivity index (χ0n) is 15.3. The molecule has 0 bridgehead atoms. The van der Waals surface area contributed by atoms with Crippen LogP contribution in [0.5, 0.6) is 11.8 Å². The third kappa shape index (κ3) is 5.62. The number of rotatable bonds is 8. The highest BCUT2D eigenvalue weighted by Crippen LogP contribution is 2.24. The molecule has 2 N–H and O–H groups in total. The largest absolute Gasteiger partial charge is 0.424 e. The highest BCUT2D eigenvalue weighted by Gasteiger charge is 2.08. The summed E-state index contributed by atoms with van der Waals surface area (Å²) in [7, 11) is 0. The lowest BCUT2D eigenvalue weighted by Crippen LogP contribution is -2.25. The van der Waals surface area contributed by atoms with Crippen LogP contribution in [0, 0.1) is 6.92 Å². The van der Waals surface area contributed by atoms with Gasteiger partial charge in [-0.3, -0.25) is 9.59 Å². The summed E-state index contributed by atoms with van der Waals surface area (Å²) in [6.45, 7) is 2.33. The molecule has 8 heteroatoms. The molecule has 0 aliphatic heterocycles. The van der Waals surface area contributed by atoms with Crippen LogP contribution < -0.4 is 15.4 Å². The molecule has 2 amide bonds. The molecule has 0 aliphatic rings. The molecular formula is C20H20N4O3S. The van der Waals surface area contributed by atoms with Crippen LogP contribution in [0.3, 0.4) is 0 Å². The van der Waals surface area contributed by atoms with Gasteiger partial charge in [0.2, 0.25) is 5.91 Å². The number of ether oxygens (including phenoxy) is 1. The zero-order chi connectivity index (χ0) is 19.8. The Bertz CT molecular complexity index is 930. The minimum absolute atomic E-state index is 0.104. The number of nitrogens with one attached hydrogen (secondary N) is 2. The van der Waals surface area contributed by atoms with Crippen LogP contribution in [-0.2, 0) is 4.79 Å². The van der Waals surface area contributed by atoms with Crippen LogP contribution >= 0.6 is 11.3 Å². The predicted octanol–water partition coefficient (Wildman–Crippen LogP) is 3.79. The van der Waals surface area contributed by atoms with E-state index >= 15 is 0 Å². The van der Waals surface area contributed by atoms with Crippen LogP contribution in [-0.4, -0.2) is 28.3 Å². The summed E-state index contributed by atoms with van der Waals surface area (Å²) in [5.74, 6) is 0.376. The lowest BCUT2D eigenvalue weighted by atomic mass is 10.2. The second-order valence-corrected chi connectivity index (χ2v) is 6.81. The number of hydrogen-bond acceptors (Lipinski definition) is 6. The molecule has 3 aromatic rings. The molecule has 1 aromatic carbocycles. The Balaban J connectivity index is 1.44. The molecule has 0 unspecified atom stereocenters. The Hall–Kier alpha value is -3.26. The van der Waals surface area contributed by atoms with Crippen LogP contribution in [0.25, 0.3) is 0 Å². The van der Waals surface area contributed by atoms with Gasteiger partial charge in [0.05, 0.1) is 0 Å². The first-order chi connectivity index (χ1) is 13.6. The average molecular weight is 396 g/mol. The maximum Gasteiger partial charge on any atom is 0.321 e. The van der Waals surface area contributed by atoms with Crippen molar-refractivity contribution in [3.63, 3.8) is 0 Å². The van der Waals surface area contributed by atoms with Gasteiger partial charge in [0.1, 0.15) is 5.75 Å². The Labute approximate surface area is 166 Å². The van der Waals surface area contributed by atoms with Gasteiger partial charge < -0.3 is 15.4 Å². The van der Waals surface area contributed by atoms with Crippen molar-refractivity contribution >= 4 is 28.8 Å². The van der Waals surface area contributed by atoms with E-state index < -0.39 is 0 Å². The van der Waals surface area contributed by atoms with Crippen LogP contribution in [0.1, 0.15) is 28.8 Å². The molecule has 2 aromatic heterocycles. The van der Waals surface area contributed by atoms with Crippen molar-refractivity contribution in [2.45, 2.75) is 19.8 Å². The van der Waals surface area contributed by atoms with E-state index in [0.29, 0.717) is 36.4 Å². The van der Waals surface area contributed by atoms with Gasteiger partial charge in [0, 0.05) is 42.0 Å². The second kappa shape index (κ2) is 9.61. The monoisotopic (exact) mass is 396 g/mol. The van der Waals surface area contributed by atoms with E-state index in [1.807, 2.05) is 18.4 Å². The maximum absolute atomic E-state index is 12.1. The summed E-state index contributed by atoms with van der Waals surface area (Å²) in [6, 6.07) is 9.09. The molecule has 0 radical (unpaired) electrons. The molecule has 7 nitrogen and oxygen atoms in total. The fraction of sp³-hybridized carbons (Fsp3) is 0.200. The van der Waals surface area contributed by atoms with Gasteiger partial charge in [0.25, 0.3) is 5.91 Å². The molecule has 28 heavy (non-hydrogen) atoms. The van der Waals surface area contributed by atoms with E-state index in [-0.39, 0.29) is 17.8 Å². The Morgan fingerprint density at radius 3 is 2.71 bits per heavy atom. The van der Waals surface area contributed by atoms with Gasteiger partial charge in [-0.2, -0.15) is 11.3 Å². The molecule has 0 atom stereocenters. The van der Waals surface area contributed by atoms with Gasteiger partial charge in [0.15, 0.2) is 0 Å². The van der Waals surface area contributed by atoms with Gasteiger partial charge >= 0.3 is 6.01 Å². The van der Waals surface area contributed by atoms with E-state index in [4.69, 9.17) is 4.74 Å². The van der Waals surface area contributed by atoms with Crippen LogP contribution in [0.2, 0.25) is 0 Å².